The third kappa shape index (κ3) is 3.26. The molecule has 0 amide bonds. The van der Waals surface area contributed by atoms with Crippen LogP contribution in [0.15, 0.2) is 61.6 Å². The summed E-state index contributed by atoms with van der Waals surface area (Å²) in [5.41, 5.74) is 13.3. The van der Waals surface area contributed by atoms with Gasteiger partial charge in [0, 0.05) is 41.7 Å². The summed E-state index contributed by atoms with van der Waals surface area (Å²) in [5.74, 6) is 0.849. The van der Waals surface area contributed by atoms with Crippen LogP contribution >= 0.6 is 0 Å². The minimum atomic E-state index is 0.204. The summed E-state index contributed by atoms with van der Waals surface area (Å²) in [5, 5.41) is 9.83. The van der Waals surface area contributed by atoms with Crippen LogP contribution in [0.1, 0.15) is 5.69 Å². The lowest BCUT2D eigenvalue weighted by molar-refractivity contribution is 0.514. The number of hydrogen-bond donors (Lipinski definition) is 3. The molecular weight excluding hydrogens is 440 g/mol. The molecule has 0 unspecified atom stereocenters. The number of aromatic amines is 2. The Hall–Kier alpha value is -4.57. The second-order valence-electron chi connectivity index (χ2n) is 8.99. The second-order valence-corrected chi connectivity index (χ2v) is 8.99. The van der Waals surface area contributed by atoms with Crippen LogP contribution in [0.25, 0.3) is 50.1 Å². The van der Waals surface area contributed by atoms with E-state index in [1.807, 2.05) is 42.2 Å². The summed E-state index contributed by atoms with van der Waals surface area (Å²) in [7, 11) is 0. The molecule has 0 saturated carbocycles. The Bertz CT molecular complexity index is 1700. The Kier molecular flexibility index (Phi) is 4.24. The normalized spacial score (nSPS) is 14.2. The minimum Gasteiger partial charge on any atom is -0.352 e. The van der Waals surface area contributed by atoms with Gasteiger partial charge >= 0.3 is 0 Å². The molecule has 1 fully saturated rings. The number of nitrogens with two attached hydrogens (primary N) is 1. The smallest absolute Gasteiger partial charge is 0.147 e. The Balaban J connectivity index is 1.31. The summed E-state index contributed by atoms with van der Waals surface area (Å²) in [6, 6.07) is 8.48. The van der Waals surface area contributed by atoms with Crippen molar-refractivity contribution in [3.8, 4) is 28.3 Å². The second kappa shape index (κ2) is 7.47. The summed E-state index contributed by atoms with van der Waals surface area (Å²) in [6.07, 6.45) is 11.0. The average Bonchev–Trinajstić information content (AvgIpc) is 3.59. The van der Waals surface area contributed by atoms with Gasteiger partial charge in [-0.1, -0.05) is 6.07 Å². The minimum absolute atomic E-state index is 0.204. The molecule has 6 aromatic rings. The maximum atomic E-state index is 5.94. The number of nitrogens with zero attached hydrogens (tertiary/aromatic N) is 7. The molecule has 7 rings (SSSR count). The van der Waals surface area contributed by atoms with E-state index in [2.05, 4.69) is 47.2 Å². The average molecular weight is 463 g/mol. The molecule has 10 nitrogen and oxygen atoms in total. The van der Waals surface area contributed by atoms with E-state index >= 15 is 0 Å². The van der Waals surface area contributed by atoms with Gasteiger partial charge in [-0.05, 0) is 25.1 Å². The first-order chi connectivity index (χ1) is 17.1. The quantitative estimate of drug-likeness (QED) is 0.367. The van der Waals surface area contributed by atoms with Crippen LogP contribution in [0.4, 0.5) is 5.82 Å². The zero-order chi connectivity index (χ0) is 23.5. The van der Waals surface area contributed by atoms with E-state index in [1.165, 1.54) is 0 Å². The fourth-order valence-electron chi connectivity index (χ4n) is 4.65. The lowest BCUT2D eigenvalue weighted by Crippen LogP contribution is -2.56. The molecule has 1 aliphatic rings. The molecule has 0 atom stereocenters. The molecule has 6 heterocycles. The van der Waals surface area contributed by atoms with Crippen LogP contribution in [0.3, 0.4) is 0 Å². The summed E-state index contributed by atoms with van der Waals surface area (Å²) in [6.45, 7) is 3.58. The number of hydrogen-bond acceptors (Lipinski definition) is 7. The Morgan fingerprint density at radius 3 is 2.71 bits per heavy atom. The molecule has 0 aliphatic carbocycles. The monoisotopic (exact) mass is 462 g/mol. The maximum Gasteiger partial charge on any atom is 0.147 e. The van der Waals surface area contributed by atoms with Gasteiger partial charge in [-0.2, -0.15) is 5.10 Å². The van der Waals surface area contributed by atoms with Crippen LogP contribution in [0.5, 0.6) is 0 Å². The third-order valence-electron chi connectivity index (χ3n) is 6.48. The van der Waals surface area contributed by atoms with Crippen molar-refractivity contribution in [2.75, 3.05) is 18.0 Å². The van der Waals surface area contributed by atoms with Gasteiger partial charge in [0.05, 0.1) is 64.9 Å². The Morgan fingerprint density at radius 1 is 1.00 bits per heavy atom. The summed E-state index contributed by atoms with van der Waals surface area (Å²) in [4.78, 5) is 23.6. The van der Waals surface area contributed by atoms with E-state index in [0.29, 0.717) is 0 Å². The van der Waals surface area contributed by atoms with E-state index < -0.39 is 0 Å². The largest absolute Gasteiger partial charge is 0.352 e. The molecule has 0 spiro atoms. The van der Waals surface area contributed by atoms with Crippen molar-refractivity contribution < 1.29 is 0 Å². The molecule has 4 N–H and O–H groups in total. The number of nitrogens with one attached hydrogen (secondary N) is 2. The van der Waals surface area contributed by atoms with Gasteiger partial charge in [-0.3, -0.25) is 15.1 Å². The number of H-pyrrole nitrogens is 2. The first-order valence-corrected chi connectivity index (χ1v) is 11.4. The molecule has 1 aliphatic heterocycles. The van der Waals surface area contributed by atoms with Crippen molar-refractivity contribution in [3.05, 3.63) is 67.3 Å². The highest BCUT2D eigenvalue weighted by Crippen LogP contribution is 2.33. The highest BCUT2D eigenvalue weighted by atomic mass is 15.3. The van der Waals surface area contributed by atoms with Crippen LogP contribution in [0.2, 0.25) is 0 Å². The molecule has 1 aromatic carbocycles. The number of aromatic nitrogens is 8. The van der Waals surface area contributed by atoms with E-state index in [9.17, 15) is 0 Å². The van der Waals surface area contributed by atoms with Gasteiger partial charge in [0.25, 0.3) is 0 Å². The zero-order valence-corrected chi connectivity index (χ0v) is 19.0. The lowest BCUT2D eigenvalue weighted by Gasteiger charge is -2.37. The fraction of sp³-hybridized carbons (Fsp3) is 0.160. The molecule has 172 valence electrons. The zero-order valence-electron chi connectivity index (χ0n) is 19.0. The Labute approximate surface area is 199 Å². The van der Waals surface area contributed by atoms with Crippen molar-refractivity contribution >= 4 is 27.6 Å². The van der Waals surface area contributed by atoms with Gasteiger partial charge in [0.1, 0.15) is 11.5 Å². The van der Waals surface area contributed by atoms with E-state index in [1.54, 1.807) is 18.7 Å². The van der Waals surface area contributed by atoms with Gasteiger partial charge in [-0.15, -0.1) is 0 Å². The highest BCUT2D eigenvalue weighted by Gasteiger charge is 2.24. The van der Waals surface area contributed by atoms with Gasteiger partial charge in [0.2, 0.25) is 0 Å². The van der Waals surface area contributed by atoms with E-state index in [0.717, 1.165) is 74.7 Å². The lowest BCUT2D eigenvalue weighted by atomic mass is 10.1. The molecular formula is C25H22N10. The highest BCUT2D eigenvalue weighted by molar-refractivity contribution is 5.99. The molecule has 35 heavy (non-hydrogen) atoms. The van der Waals surface area contributed by atoms with Gasteiger partial charge in [0.15, 0.2) is 0 Å². The molecule has 5 aromatic heterocycles. The van der Waals surface area contributed by atoms with E-state index in [4.69, 9.17) is 10.7 Å². The third-order valence-corrected chi connectivity index (χ3v) is 6.48. The fourth-order valence-corrected chi connectivity index (χ4v) is 4.65. The van der Waals surface area contributed by atoms with Crippen molar-refractivity contribution in [1.29, 1.82) is 0 Å². The van der Waals surface area contributed by atoms with Gasteiger partial charge in [-0.25, -0.2) is 9.97 Å². The SMILES string of the molecule is Cc1cn(-c2cncc3[nH]c(-c4n[nH]c5ccc(-c6cncc(N7CC(N)C7)n6)cc45)cc23)cn1. The van der Waals surface area contributed by atoms with Crippen molar-refractivity contribution in [2.24, 2.45) is 5.73 Å². The number of rotatable bonds is 4. The molecule has 0 bridgehead atoms. The number of aryl methyl sites for hydroxylation is 1. The van der Waals surface area contributed by atoms with Crippen LogP contribution in [-0.2, 0) is 0 Å². The molecule has 0 radical (unpaired) electrons. The maximum absolute atomic E-state index is 5.94. The van der Waals surface area contributed by atoms with Crippen LogP contribution in [-0.4, -0.2) is 58.8 Å². The van der Waals surface area contributed by atoms with Crippen molar-refractivity contribution in [1.82, 2.24) is 39.7 Å². The van der Waals surface area contributed by atoms with Crippen LogP contribution < -0.4 is 10.6 Å². The number of pyridine rings is 1. The topological polar surface area (TPSA) is 130 Å². The van der Waals surface area contributed by atoms with Gasteiger partial charge < -0.3 is 20.2 Å². The van der Waals surface area contributed by atoms with E-state index in [-0.39, 0.29) is 6.04 Å². The predicted octanol–water partition coefficient (Wildman–Crippen LogP) is 3.20. The summed E-state index contributed by atoms with van der Waals surface area (Å²) >= 11 is 0. The van der Waals surface area contributed by atoms with Crippen molar-refractivity contribution in [3.63, 3.8) is 0 Å². The first kappa shape index (κ1) is 19.9. The molecule has 1 saturated heterocycles. The Morgan fingerprint density at radius 2 is 1.89 bits per heavy atom. The predicted molar refractivity (Wildman–Crippen MR) is 134 cm³/mol. The number of fused-ring (bicyclic) bond motifs is 2. The molecule has 10 heteroatoms. The first-order valence-electron chi connectivity index (χ1n) is 11.4. The van der Waals surface area contributed by atoms with Crippen molar-refractivity contribution in [2.45, 2.75) is 13.0 Å². The standard InChI is InChI=1S/C25H22N10/c1-14-10-35(13-29-14)23-8-27-7-22-17(23)5-20(30-22)25-18-4-15(2-3-19(18)32-33-25)21-6-28-9-24(31-21)34-11-16(26)12-34/h2-10,13,16,30H,11-12,26H2,1H3,(H,32,33). The van der Waals surface area contributed by atoms with Crippen LogP contribution in [0, 0.1) is 6.92 Å². The summed E-state index contributed by atoms with van der Waals surface area (Å²) < 4.78 is 1.99. The number of benzene rings is 1. The number of imidazole rings is 1. The number of anilines is 1.